The molecule has 300 valence electrons. The number of likely N-dealkylation sites (N-methyl/N-ethyl adjacent to an activating group) is 1. The number of imide groups is 1. The summed E-state index contributed by atoms with van der Waals surface area (Å²) in [5, 5.41) is 4.82. The standard InChI is InChI=1S/C38H45F4N9O5/c1-36(2,3)55-34(53)51(35(54)56-37(4,5)6)32-29-26(20-50(25-10-11-25)31(29)44-21-45-32)23-16-28(39)30(43-18-23)47-33(52)46-24-9-8-22(27(17-24)38(40,41)42)19-49-14-12-48(7)13-15-49/h8-9,16-18,20-21,25H,10-15,19H2,1-7H3,(H2,43,46,47,52). The van der Waals surface area contributed by atoms with E-state index in [1.54, 1.807) is 47.7 Å². The lowest BCUT2D eigenvalue weighted by molar-refractivity contribution is -0.138. The van der Waals surface area contributed by atoms with Crippen LogP contribution >= 0.6 is 0 Å². The van der Waals surface area contributed by atoms with E-state index in [0.29, 0.717) is 29.2 Å². The Morgan fingerprint density at radius 1 is 0.893 bits per heavy atom. The zero-order chi connectivity index (χ0) is 40.7. The Morgan fingerprint density at radius 3 is 2.11 bits per heavy atom. The van der Waals surface area contributed by atoms with Gasteiger partial charge < -0.3 is 24.3 Å². The summed E-state index contributed by atoms with van der Waals surface area (Å²) >= 11 is 0. The molecule has 14 nitrogen and oxygen atoms in total. The van der Waals surface area contributed by atoms with E-state index in [1.807, 2.05) is 16.5 Å². The number of hydrogen-bond acceptors (Lipinski definition) is 10. The van der Waals surface area contributed by atoms with Gasteiger partial charge in [0.25, 0.3) is 0 Å². The van der Waals surface area contributed by atoms with E-state index in [1.165, 1.54) is 24.7 Å². The minimum absolute atomic E-state index is 0.0478. The highest BCUT2D eigenvalue weighted by atomic mass is 19.4. The number of carbonyl (C=O) groups is 3. The highest BCUT2D eigenvalue weighted by molar-refractivity contribution is 6.16. The number of fused-ring (bicyclic) bond motifs is 1. The number of ether oxygens (including phenoxy) is 2. The van der Waals surface area contributed by atoms with E-state index in [0.717, 1.165) is 38.1 Å². The number of nitrogens with one attached hydrogen (secondary N) is 2. The maximum Gasteiger partial charge on any atom is 0.425 e. The molecule has 1 aliphatic heterocycles. The summed E-state index contributed by atoms with van der Waals surface area (Å²) in [5.41, 5.74) is -2.08. The minimum Gasteiger partial charge on any atom is -0.443 e. The van der Waals surface area contributed by atoms with Crippen LogP contribution in [-0.2, 0) is 22.2 Å². The number of pyridine rings is 1. The molecular weight excluding hydrogens is 738 g/mol. The first-order valence-electron chi connectivity index (χ1n) is 18.1. The number of urea groups is 1. The molecule has 56 heavy (non-hydrogen) atoms. The van der Waals surface area contributed by atoms with Crippen molar-refractivity contribution in [2.45, 2.75) is 84.3 Å². The monoisotopic (exact) mass is 783 g/mol. The van der Waals surface area contributed by atoms with Gasteiger partial charge in [-0.1, -0.05) is 6.07 Å². The van der Waals surface area contributed by atoms with Crippen molar-refractivity contribution in [3.05, 3.63) is 59.9 Å². The number of halogens is 4. The molecule has 0 radical (unpaired) electrons. The molecule has 1 aromatic carbocycles. The third-order valence-electron chi connectivity index (χ3n) is 8.94. The Labute approximate surface area is 321 Å². The second-order valence-electron chi connectivity index (χ2n) is 16.0. The zero-order valence-corrected chi connectivity index (χ0v) is 32.3. The van der Waals surface area contributed by atoms with Crippen LogP contribution in [0.1, 0.15) is 71.6 Å². The van der Waals surface area contributed by atoms with Gasteiger partial charge in [0.15, 0.2) is 17.5 Å². The molecule has 6 rings (SSSR count). The Bertz CT molecular complexity index is 2100. The molecule has 4 amide bonds. The van der Waals surface area contributed by atoms with E-state index in [-0.39, 0.29) is 40.6 Å². The molecular formula is C38H45F4N9O5. The van der Waals surface area contributed by atoms with Crippen molar-refractivity contribution in [2.24, 2.45) is 0 Å². The number of aromatic nitrogens is 4. The fourth-order valence-corrected chi connectivity index (χ4v) is 6.20. The number of alkyl halides is 3. The summed E-state index contributed by atoms with van der Waals surface area (Å²) in [6.07, 6.45) is -0.962. The van der Waals surface area contributed by atoms with Gasteiger partial charge in [-0.2, -0.15) is 18.1 Å². The lowest BCUT2D eigenvalue weighted by Gasteiger charge is -2.33. The van der Waals surface area contributed by atoms with Gasteiger partial charge in [0.05, 0.1) is 10.9 Å². The molecule has 4 aromatic rings. The summed E-state index contributed by atoms with van der Waals surface area (Å²) in [6, 6.07) is 3.66. The van der Waals surface area contributed by atoms with E-state index >= 15 is 4.39 Å². The molecule has 0 atom stereocenters. The number of benzene rings is 1. The maximum absolute atomic E-state index is 15.8. The maximum atomic E-state index is 15.8. The second kappa shape index (κ2) is 15.3. The van der Waals surface area contributed by atoms with Crippen molar-refractivity contribution in [3.8, 4) is 11.1 Å². The number of amides is 4. The van der Waals surface area contributed by atoms with Crippen molar-refractivity contribution in [1.82, 2.24) is 29.3 Å². The Hall–Kier alpha value is -5.36. The first-order valence-corrected chi connectivity index (χ1v) is 18.1. The average Bonchev–Trinajstić information content (AvgIpc) is 3.85. The molecule has 3 aromatic heterocycles. The van der Waals surface area contributed by atoms with Gasteiger partial charge in [0.2, 0.25) is 0 Å². The van der Waals surface area contributed by atoms with Crippen molar-refractivity contribution in [1.29, 1.82) is 0 Å². The van der Waals surface area contributed by atoms with Crippen LogP contribution in [0.2, 0.25) is 0 Å². The summed E-state index contributed by atoms with van der Waals surface area (Å²) in [6.45, 7) is 12.7. The van der Waals surface area contributed by atoms with E-state index < -0.39 is 52.8 Å². The molecule has 0 bridgehead atoms. The average molecular weight is 784 g/mol. The van der Waals surface area contributed by atoms with Crippen molar-refractivity contribution in [3.63, 3.8) is 0 Å². The summed E-state index contributed by atoms with van der Waals surface area (Å²) in [7, 11) is 1.96. The Morgan fingerprint density at radius 2 is 1.54 bits per heavy atom. The number of anilines is 3. The molecule has 2 N–H and O–H groups in total. The van der Waals surface area contributed by atoms with Crippen LogP contribution in [0.25, 0.3) is 22.2 Å². The number of piperazine rings is 1. The summed E-state index contributed by atoms with van der Waals surface area (Å²) < 4.78 is 71.1. The number of nitrogens with zero attached hydrogens (tertiary/aromatic N) is 7. The van der Waals surface area contributed by atoms with Crippen LogP contribution < -0.4 is 15.5 Å². The first-order chi connectivity index (χ1) is 26.2. The van der Waals surface area contributed by atoms with Gasteiger partial charge >= 0.3 is 24.4 Å². The van der Waals surface area contributed by atoms with Crippen molar-refractivity contribution < 1.29 is 41.4 Å². The molecule has 1 saturated heterocycles. The predicted molar refractivity (Wildman–Crippen MR) is 201 cm³/mol. The SMILES string of the molecule is CN1CCN(Cc2ccc(NC(=O)Nc3ncc(-c4cn(C5CC5)c5ncnc(N(C(=O)OC(C)(C)C)C(=O)OC(C)(C)C)c45)cc3F)cc2C(F)(F)F)CC1. The van der Waals surface area contributed by atoms with Crippen LogP contribution in [0.5, 0.6) is 0 Å². The van der Waals surface area contributed by atoms with Gasteiger partial charge in [-0.3, -0.25) is 10.2 Å². The third-order valence-corrected chi connectivity index (χ3v) is 8.94. The Kier molecular flexibility index (Phi) is 11.0. The molecule has 4 heterocycles. The molecule has 0 unspecified atom stereocenters. The fourth-order valence-electron chi connectivity index (χ4n) is 6.20. The largest absolute Gasteiger partial charge is 0.443 e. The highest BCUT2D eigenvalue weighted by Crippen LogP contribution is 2.44. The van der Waals surface area contributed by atoms with Gasteiger partial charge in [0, 0.05) is 68.0 Å². The van der Waals surface area contributed by atoms with Crippen LogP contribution in [0.3, 0.4) is 0 Å². The molecule has 18 heteroatoms. The van der Waals surface area contributed by atoms with Gasteiger partial charge in [-0.05, 0) is 85.2 Å². The normalized spacial score (nSPS) is 15.8. The first kappa shape index (κ1) is 40.3. The fraction of sp³-hybridized carbons (Fsp3) is 0.474. The van der Waals surface area contributed by atoms with Crippen LogP contribution in [0, 0.1) is 5.82 Å². The van der Waals surface area contributed by atoms with Crippen LogP contribution in [0.4, 0.5) is 49.3 Å². The van der Waals surface area contributed by atoms with Crippen LogP contribution in [-0.4, -0.2) is 92.0 Å². The summed E-state index contributed by atoms with van der Waals surface area (Å²) in [4.78, 5) is 57.7. The minimum atomic E-state index is -4.68. The van der Waals surface area contributed by atoms with Crippen molar-refractivity contribution >= 4 is 46.6 Å². The lowest BCUT2D eigenvalue weighted by atomic mass is 10.0. The number of hydrogen-bond donors (Lipinski definition) is 2. The lowest BCUT2D eigenvalue weighted by Crippen LogP contribution is -2.44. The molecule has 2 aliphatic rings. The molecule has 0 spiro atoms. The van der Waals surface area contributed by atoms with Crippen molar-refractivity contribution in [2.75, 3.05) is 48.8 Å². The number of rotatable bonds is 7. The second-order valence-corrected chi connectivity index (χ2v) is 16.0. The topological polar surface area (TPSA) is 147 Å². The third kappa shape index (κ3) is 9.53. The number of carbonyl (C=O) groups excluding carboxylic acids is 3. The van der Waals surface area contributed by atoms with E-state index in [9.17, 15) is 27.6 Å². The van der Waals surface area contributed by atoms with E-state index in [2.05, 4.69) is 30.5 Å². The predicted octanol–water partition coefficient (Wildman–Crippen LogP) is 8.05. The van der Waals surface area contributed by atoms with Crippen LogP contribution in [0.15, 0.2) is 43.0 Å². The van der Waals surface area contributed by atoms with Gasteiger partial charge in [-0.25, -0.2) is 33.7 Å². The highest BCUT2D eigenvalue weighted by Gasteiger charge is 2.38. The molecule has 2 fully saturated rings. The quantitative estimate of drug-likeness (QED) is 0.177. The zero-order valence-electron chi connectivity index (χ0n) is 32.3. The Balaban J connectivity index is 1.28. The van der Waals surface area contributed by atoms with Gasteiger partial charge in [0.1, 0.15) is 23.2 Å². The molecule has 1 aliphatic carbocycles. The summed E-state index contributed by atoms with van der Waals surface area (Å²) in [5.74, 6) is -1.64. The van der Waals surface area contributed by atoms with Gasteiger partial charge in [-0.15, -0.1) is 0 Å². The smallest absolute Gasteiger partial charge is 0.425 e. The molecule has 1 saturated carbocycles. The van der Waals surface area contributed by atoms with E-state index in [4.69, 9.17) is 9.47 Å².